The van der Waals surface area contributed by atoms with Gasteiger partial charge >= 0.3 is 0 Å². The van der Waals surface area contributed by atoms with Gasteiger partial charge in [0.1, 0.15) is 0 Å². The highest BCUT2D eigenvalue weighted by Gasteiger charge is 2.15. The summed E-state index contributed by atoms with van der Waals surface area (Å²) in [5.41, 5.74) is 1.01. The molecule has 1 fully saturated rings. The van der Waals surface area contributed by atoms with Crippen LogP contribution in [-0.4, -0.2) is 39.0 Å². The third kappa shape index (κ3) is 3.13. The van der Waals surface area contributed by atoms with Crippen LogP contribution in [0.2, 0.25) is 0 Å². The molecule has 1 aliphatic heterocycles. The molecule has 1 aromatic heterocycles. The number of thioether (sulfide) groups is 1. The van der Waals surface area contributed by atoms with Gasteiger partial charge in [0.25, 0.3) is 0 Å². The lowest BCUT2D eigenvalue weighted by atomic mass is 10.0. The average molecular weight is 275 g/mol. The van der Waals surface area contributed by atoms with Crippen molar-refractivity contribution in [2.24, 2.45) is 5.92 Å². The van der Waals surface area contributed by atoms with Crippen molar-refractivity contribution in [1.82, 2.24) is 25.5 Å². The van der Waals surface area contributed by atoms with E-state index in [-0.39, 0.29) is 0 Å². The van der Waals surface area contributed by atoms with Gasteiger partial charge in [0.15, 0.2) is 0 Å². The normalized spacial score (nSPS) is 19.5. The summed E-state index contributed by atoms with van der Waals surface area (Å²) in [4.78, 5) is 0. The first-order valence-corrected chi connectivity index (χ1v) is 7.59. The van der Waals surface area contributed by atoms with E-state index in [0.29, 0.717) is 0 Å². The topological polar surface area (TPSA) is 55.6 Å². The van der Waals surface area contributed by atoms with E-state index in [1.807, 2.05) is 30.3 Å². The van der Waals surface area contributed by atoms with Gasteiger partial charge in [-0.1, -0.05) is 30.0 Å². The summed E-state index contributed by atoms with van der Waals surface area (Å²) in [6.45, 7) is 2.27. The summed E-state index contributed by atoms with van der Waals surface area (Å²) in [5.74, 6) is 1.79. The summed E-state index contributed by atoms with van der Waals surface area (Å²) in [6.07, 6.45) is 2.57. The molecule has 6 heteroatoms. The molecule has 1 aliphatic rings. The molecule has 2 aromatic rings. The maximum atomic E-state index is 4.12. The predicted molar refractivity (Wildman–Crippen MR) is 75.5 cm³/mol. The number of tetrazole rings is 1. The van der Waals surface area contributed by atoms with Crippen LogP contribution in [0, 0.1) is 5.92 Å². The molecule has 1 atom stereocenters. The first-order chi connectivity index (χ1) is 9.43. The maximum absolute atomic E-state index is 4.12. The minimum atomic E-state index is 0.722. The van der Waals surface area contributed by atoms with Gasteiger partial charge in [-0.15, -0.1) is 5.10 Å². The number of piperidine rings is 1. The van der Waals surface area contributed by atoms with Crippen LogP contribution >= 0.6 is 11.8 Å². The zero-order valence-electron chi connectivity index (χ0n) is 10.7. The molecule has 0 radical (unpaired) electrons. The second-order valence-electron chi connectivity index (χ2n) is 4.73. The quantitative estimate of drug-likeness (QED) is 0.862. The van der Waals surface area contributed by atoms with Crippen molar-refractivity contribution < 1.29 is 0 Å². The van der Waals surface area contributed by atoms with E-state index in [4.69, 9.17) is 0 Å². The van der Waals surface area contributed by atoms with Crippen molar-refractivity contribution in [3.63, 3.8) is 0 Å². The van der Waals surface area contributed by atoms with Crippen molar-refractivity contribution in [1.29, 1.82) is 0 Å². The van der Waals surface area contributed by atoms with Gasteiger partial charge in [0, 0.05) is 5.75 Å². The number of benzene rings is 1. The summed E-state index contributed by atoms with van der Waals surface area (Å²) in [7, 11) is 0. The fourth-order valence-corrected chi connectivity index (χ4v) is 3.29. The molecular formula is C13H17N5S. The Hall–Kier alpha value is -1.40. The molecule has 1 unspecified atom stereocenters. The zero-order valence-corrected chi connectivity index (χ0v) is 11.5. The molecule has 0 spiro atoms. The molecule has 5 nitrogen and oxygen atoms in total. The molecule has 0 aliphatic carbocycles. The Labute approximate surface area is 116 Å². The van der Waals surface area contributed by atoms with Crippen LogP contribution in [0.15, 0.2) is 35.5 Å². The van der Waals surface area contributed by atoms with Crippen LogP contribution < -0.4 is 5.32 Å². The number of hydrogen-bond donors (Lipinski definition) is 1. The highest BCUT2D eigenvalue weighted by molar-refractivity contribution is 7.99. The number of hydrogen-bond acceptors (Lipinski definition) is 5. The third-order valence-corrected chi connectivity index (χ3v) is 4.44. The fraction of sp³-hybridized carbons (Fsp3) is 0.462. The Balaban J connectivity index is 1.67. The van der Waals surface area contributed by atoms with Gasteiger partial charge in [-0.25, -0.2) is 0 Å². The molecule has 0 saturated carbocycles. The second kappa shape index (κ2) is 6.16. The molecule has 0 bridgehead atoms. The number of nitrogens with zero attached hydrogens (tertiary/aromatic N) is 4. The van der Waals surface area contributed by atoms with Gasteiger partial charge < -0.3 is 5.32 Å². The molecule has 19 heavy (non-hydrogen) atoms. The Morgan fingerprint density at radius 2 is 2.21 bits per heavy atom. The van der Waals surface area contributed by atoms with Crippen molar-refractivity contribution in [3.05, 3.63) is 30.3 Å². The lowest BCUT2D eigenvalue weighted by Crippen LogP contribution is -2.31. The Bertz CT molecular complexity index is 507. The molecule has 100 valence electrons. The third-order valence-electron chi connectivity index (χ3n) is 3.29. The van der Waals surface area contributed by atoms with Crippen LogP contribution in [0.1, 0.15) is 12.8 Å². The lowest BCUT2D eigenvalue weighted by Gasteiger charge is -2.21. The van der Waals surface area contributed by atoms with Gasteiger partial charge in [-0.2, -0.15) is 4.68 Å². The smallest absolute Gasteiger partial charge is 0.214 e. The summed E-state index contributed by atoms with van der Waals surface area (Å²) in [5, 5.41) is 16.3. The zero-order chi connectivity index (χ0) is 12.9. The molecule has 3 rings (SSSR count). The second-order valence-corrected chi connectivity index (χ2v) is 5.72. The molecule has 1 aromatic carbocycles. The highest BCUT2D eigenvalue weighted by atomic mass is 32.2. The first kappa shape index (κ1) is 12.6. The summed E-state index contributed by atoms with van der Waals surface area (Å²) < 4.78 is 1.81. The number of rotatable bonds is 4. The van der Waals surface area contributed by atoms with Crippen LogP contribution in [-0.2, 0) is 0 Å². The van der Waals surface area contributed by atoms with Gasteiger partial charge in [-0.05, 0) is 54.4 Å². The van der Waals surface area contributed by atoms with E-state index in [1.165, 1.54) is 12.8 Å². The lowest BCUT2D eigenvalue weighted by molar-refractivity contribution is 0.410. The van der Waals surface area contributed by atoms with E-state index in [2.05, 4.69) is 20.8 Å². The van der Waals surface area contributed by atoms with E-state index in [1.54, 1.807) is 16.4 Å². The van der Waals surface area contributed by atoms with Crippen LogP contribution in [0.4, 0.5) is 0 Å². The van der Waals surface area contributed by atoms with Crippen molar-refractivity contribution >= 4 is 11.8 Å². The highest BCUT2D eigenvalue weighted by Crippen LogP contribution is 2.23. The first-order valence-electron chi connectivity index (χ1n) is 6.61. The molecule has 0 amide bonds. The Kier molecular flexibility index (Phi) is 4.10. The SMILES string of the molecule is c1ccc(-n2nnnc2SCC2CCCNC2)cc1. The minimum Gasteiger partial charge on any atom is -0.316 e. The van der Waals surface area contributed by atoms with Gasteiger partial charge in [0.05, 0.1) is 5.69 Å². The fourth-order valence-electron chi connectivity index (χ4n) is 2.26. The summed E-state index contributed by atoms with van der Waals surface area (Å²) >= 11 is 1.74. The Morgan fingerprint density at radius 3 is 3.00 bits per heavy atom. The van der Waals surface area contributed by atoms with Crippen molar-refractivity contribution in [2.45, 2.75) is 18.0 Å². The van der Waals surface area contributed by atoms with Crippen LogP contribution in [0.5, 0.6) is 0 Å². The monoisotopic (exact) mass is 275 g/mol. The number of nitrogens with one attached hydrogen (secondary N) is 1. The average Bonchev–Trinajstić information content (AvgIpc) is 2.95. The van der Waals surface area contributed by atoms with E-state index < -0.39 is 0 Å². The van der Waals surface area contributed by atoms with E-state index in [9.17, 15) is 0 Å². The standard InChI is InChI=1S/C13H17N5S/c1-2-6-12(7-3-1)18-13(15-16-17-18)19-10-11-5-4-8-14-9-11/h1-3,6-7,11,14H,4-5,8-10H2. The van der Waals surface area contributed by atoms with Crippen LogP contribution in [0.3, 0.4) is 0 Å². The van der Waals surface area contributed by atoms with Crippen molar-refractivity contribution in [2.75, 3.05) is 18.8 Å². The van der Waals surface area contributed by atoms with Crippen LogP contribution in [0.25, 0.3) is 5.69 Å². The number of para-hydroxylation sites is 1. The molecule has 1 N–H and O–H groups in total. The maximum Gasteiger partial charge on any atom is 0.214 e. The number of aromatic nitrogens is 4. The predicted octanol–water partition coefficient (Wildman–Crippen LogP) is 1.75. The Morgan fingerprint density at radius 1 is 1.32 bits per heavy atom. The van der Waals surface area contributed by atoms with E-state index in [0.717, 1.165) is 35.6 Å². The largest absolute Gasteiger partial charge is 0.316 e. The molecule has 1 saturated heterocycles. The summed E-state index contributed by atoms with van der Waals surface area (Å²) in [6, 6.07) is 10.0. The molecule has 2 heterocycles. The van der Waals surface area contributed by atoms with Gasteiger partial charge in [-0.3, -0.25) is 0 Å². The molecular weight excluding hydrogens is 258 g/mol. The minimum absolute atomic E-state index is 0.722. The van der Waals surface area contributed by atoms with Gasteiger partial charge in [0.2, 0.25) is 5.16 Å². The van der Waals surface area contributed by atoms with Crippen molar-refractivity contribution in [3.8, 4) is 5.69 Å². The van der Waals surface area contributed by atoms with E-state index >= 15 is 0 Å².